The van der Waals surface area contributed by atoms with Crippen LogP contribution in [-0.2, 0) is 4.79 Å². The summed E-state index contributed by atoms with van der Waals surface area (Å²) in [5.41, 5.74) is 0.802. The van der Waals surface area contributed by atoms with E-state index in [9.17, 15) is 9.18 Å². The number of nitrogens with one attached hydrogen (secondary N) is 1. The van der Waals surface area contributed by atoms with E-state index < -0.39 is 0 Å². The molecule has 1 aromatic heterocycles. The zero-order valence-electron chi connectivity index (χ0n) is 11.1. The van der Waals surface area contributed by atoms with Crippen molar-refractivity contribution in [3.05, 3.63) is 29.8 Å². The molecule has 0 saturated heterocycles. The van der Waals surface area contributed by atoms with Gasteiger partial charge in [-0.1, -0.05) is 6.92 Å². The minimum atomic E-state index is -0.337. The van der Waals surface area contributed by atoms with Gasteiger partial charge in [0.2, 0.25) is 5.91 Å². The summed E-state index contributed by atoms with van der Waals surface area (Å²) < 4.78 is 12.8. The molecule has 5 heteroatoms. The van der Waals surface area contributed by atoms with Gasteiger partial charge >= 0.3 is 0 Å². The van der Waals surface area contributed by atoms with Gasteiger partial charge in [0.25, 0.3) is 0 Å². The van der Waals surface area contributed by atoms with Crippen molar-refractivity contribution in [3.63, 3.8) is 0 Å². The largest absolute Gasteiger partial charge is 0.349 e. The Morgan fingerprint density at radius 1 is 1.50 bits per heavy atom. The second kappa shape index (κ2) is 7.06. The van der Waals surface area contributed by atoms with Crippen molar-refractivity contribution < 1.29 is 9.18 Å². The molecule has 0 aliphatic heterocycles. The highest BCUT2D eigenvalue weighted by Gasteiger charge is 2.11. The molecule has 0 spiro atoms. The second-order valence-electron chi connectivity index (χ2n) is 4.35. The highest BCUT2D eigenvalue weighted by molar-refractivity contribution is 5.75. The third-order valence-corrected chi connectivity index (χ3v) is 2.74. The minimum absolute atomic E-state index is 0.0561. The summed E-state index contributed by atoms with van der Waals surface area (Å²) in [6, 6.07) is 3.13. The third-order valence-electron chi connectivity index (χ3n) is 2.74. The van der Waals surface area contributed by atoms with Crippen LogP contribution in [0.5, 0.6) is 0 Å². The quantitative estimate of drug-likeness (QED) is 0.840. The summed E-state index contributed by atoms with van der Waals surface area (Å²) in [6.45, 7) is 2.62. The van der Waals surface area contributed by atoms with Crippen molar-refractivity contribution in [3.8, 4) is 0 Å². The van der Waals surface area contributed by atoms with Crippen LogP contribution < -0.4 is 5.32 Å². The number of halogens is 1. The number of nitrogens with zero attached hydrogens (tertiary/aromatic N) is 2. The molecule has 1 heterocycles. The van der Waals surface area contributed by atoms with Crippen molar-refractivity contribution in [1.82, 2.24) is 15.2 Å². The van der Waals surface area contributed by atoms with Gasteiger partial charge in [-0.15, -0.1) is 0 Å². The number of amides is 1. The van der Waals surface area contributed by atoms with Crippen molar-refractivity contribution in [2.75, 3.05) is 20.6 Å². The van der Waals surface area contributed by atoms with Crippen molar-refractivity contribution >= 4 is 5.91 Å². The van der Waals surface area contributed by atoms with Crippen molar-refractivity contribution in [2.45, 2.75) is 25.8 Å². The highest BCUT2D eigenvalue weighted by atomic mass is 19.1. The normalized spacial score (nSPS) is 12.2. The SMILES string of the molecule is CCC(NCCC(=O)N(C)C)c1ccc(F)cn1. The Bertz CT molecular complexity index is 378. The first kappa shape index (κ1) is 14.6. The number of carbonyl (C=O) groups is 1. The zero-order valence-corrected chi connectivity index (χ0v) is 11.1. The van der Waals surface area contributed by atoms with Gasteiger partial charge in [-0.3, -0.25) is 9.78 Å². The monoisotopic (exact) mass is 253 g/mol. The minimum Gasteiger partial charge on any atom is -0.349 e. The molecule has 1 rings (SSSR count). The maximum atomic E-state index is 12.8. The molecule has 0 saturated carbocycles. The predicted molar refractivity (Wildman–Crippen MR) is 68.5 cm³/mol. The Kier molecular flexibility index (Phi) is 5.71. The van der Waals surface area contributed by atoms with Gasteiger partial charge in [-0.05, 0) is 18.6 Å². The molecule has 0 aliphatic rings. The molecule has 100 valence electrons. The average Bonchev–Trinajstić information content (AvgIpc) is 2.35. The second-order valence-corrected chi connectivity index (χ2v) is 4.35. The van der Waals surface area contributed by atoms with Crippen LogP contribution >= 0.6 is 0 Å². The van der Waals surface area contributed by atoms with Gasteiger partial charge in [0.05, 0.1) is 11.9 Å². The maximum Gasteiger partial charge on any atom is 0.223 e. The number of rotatable bonds is 6. The summed E-state index contributed by atoms with van der Waals surface area (Å²) in [5, 5.41) is 3.26. The Labute approximate surface area is 107 Å². The van der Waals surface area contributed by atoms with E-state index in [0.717, 1.165) is 12.1 Å². The molecular formula is C13H20FN3O. The van der Waals surface area contributed by atoms with Crippen LogP contribution in [0.3, 0.4) is 0 Å². The van der Waals surface area contributed by atoms with Gasteiger partial charge in [-0.2, -0.15) is 0 Å². The first-order valence-electron chi connectivity index (χ1n) is 6.09. The molecule has 18 heavy (non-hydrogen) atoms. The van der Waals surface area contributed by atoms with E-state index in [-0.39, 0.29) is 17.8 Å². The fraction of sp³-hybridized carbons (Fsp3) is 0.538. The molecule has 4 nitrogen and oxygen atoms in total. The van der Waals surface area contributed by atoms with Crippen LogP contribution in [0.4, 0.5) is 4.39 Å². The van der Waals surface area contributed by atoms with Crippen molar-refractivity contribution in [2.24, 2.45) is 0 Å². The van der Waals surface area contributed by atoms with E-state index in [4.69, 9.17) is 0 Å². The summed E-state index contributed by atoms with van der Waals surface area (Å²) in [5.74, 6) is -0.249. The van der Waals surface area contributed by atoms with Crippen LogP contribution in [-0.4, -0.2) is 36.4 Å². The van der Waals surface area contributed by atoms with E-state index in [1.807, 2.05) is 6.92 Å². The fourth-order valence-corrected chi connectivity index (χ4v) is 1.63. The Morgan fingerprint density at radius 3 is 2.72 bits per heavy atom. The lowest BCUT2D eigenvalue weighted by Gasteiger charge is -2.17. The van der Waals surface area contributed by atoms with Crippen LogP contribution in [0.1, 0.15) is 31.5 Å². The summed E-state index contributed by atoms with van der Waals surface area (Å²) in [4.78, 5) is 17.0. The van der Waals surface area contributed by atoms with E-state index in [2.05, 4.69) is 10.3 Å². The van der Waals surface area contributed by atoms with Gasteiger partial charge < -0.3 is 10.2 Å². The smallest absolute Gasteiger partial charge is 0.223 e. The molecule has 0 bridgehead atoms. The summed E-state index contributed by atoms with van der Waals surface area (Å²) in [7, 11) is 3.47. The molecule has 0 aliphatic carbocycles. The lowest BCUT2D eigenvalue weighted by Crippen LogP contribution is -2.29. The van der Waals surface area contributed by atoms with Gasteiger partial charge in [0.15, 0.2) is 0 Å². The molecule has 0 radical (unpaired) electrons. The van der Waals surface area contributed by atoms with Crippen LogP contribution in [0.15, 0.2) is 18.3 Å². The Balaban J connectivity index is 2.47. The Hall–Kier alpha value is -1.49. The van der Waals surface area contributed by atoms with Crippen LogP contribution in [0.25, 0.3) is 0 Å². The lowest BCUT2D eigenvalue weighted by molar-refractivity contribution is -0.128. The molecule has 0 fully saturated rings. The fourth-order valence-electron chi connectivity index (χ4n) is 1.63. The molecule has 1 N–H and O–H groups in total. The number of pyridine rings is 1. The molecule has 1 unspecified atom stereocenters. The lowest BCUT2D eigenvalue weighted by atomic mass is 10.1. The number of hydrogen-bond acceptors (Lipinski definition) is 3. The number of carbonyl (C=O) groups excluding carboxylic acids is 1. The first-order chi connectivity index (χ1) is 8.54. The summed E-state index contributed by atoms with van der Waals surface area (Å²) >= 11 is 0. The number of hydrogen-bond donors (Lipinski definition) is 1. The zero-order chi connectivity index (χ0) is 13.5. The molecule has 1 amide bonds. The topological polar surface area (TPSA) is 45.2 Å². The third kappa shape index (κ3) is 4.41. The summed E-state index contributed by atoms with van der Waals surface area (Å²) in [6.07, 6.45) is 2.50. The molecular weight excluding hydrogens is 233 g/mol. The molecule has 0 aromatic carbocycles. The van der Waals surface area contributed by atoms with Crippen LogP contribution in [0.2, 0.25) is 0 Å². The first-order valence-corrected chi connectivity index (χ1v) is 6.09. The van der Waals surface area contributed by atoms with E-state index in [0.29, 0.717) is 13.0 Å². The predicted octanol–water partition coefficient (Wildman–Crippen LogP) is 1.74. The van der Waals surface area contributed by atoms with Crippen molar-refractivity contribution in [1.29, 1.82) is 0 Å². The standard InChI is InChI=1S/C13H20FN3O/c1-4-11(12-6-5-10(14)9-16-12)15-8-7-13(18)17(2)3/h5-6,9,11,15H,4,7-8H2,1-3H3. The van der Waals surface area contributed by atoms with E-state index in [1.165, 1.54) is 12.3 Å². The molecule has 1 aromatic rings. The number of aromatic nitrogens is 1. The molecule has 1 atom stereocenters. The van der Waals surface area contributed by atoms with Gasteiger partial charge in [-0.25, -0.2) is 4.39 Å². The average molecular weight is 253 g/mol. The van der Waals surface area contributed by atoms with E-state index >= 15 is 0 Å². The van der Waals surface area contributed by atoms with Gasteiger partial charge in [0.1, 0.15) is 5.82 Å². The van der Waals surface area contributed by atoms with Gasteiger partial charge in [0, 0.05) is 33.1 Å². The highest BCUT2D eigenvalue weighted by Crippen LogP contribution is 2.13. The Morgan fingerprint density at radius 2 is 2.22 bits per heavy atom. The maximum absolute atomic E-state index is 12.8. The van der Waals surface area contributed by atoms with Crippen LogP contribution in [0, 0.1) is 5.82 Å². The van der Waals surface area contributed by atoms with E-state index in [1.54, 1.807) is 25.1 Å².